The topological polar surface area (TPSA) is 106 Å². The van der Waals surface area contributed by atoms with Crippen molar-refractivity contribution in [1.82, 2.24) is 10.0 Å². The van der Waals surface area contributed by atoms with E-state index in [4.69, 9.17) is 9.47 Å². The minimum absolute atomic E-state index is 0.230. The zero-order valence-corrected chi connectivity index (χ0v) is 16.4. The van der Waals surface area contributed by atoms with Crippen molar-refractivity contribution in [3.63, 3.8) is 0 Å². The Kier molecular flexibility index (Phi) is 5.84. The number of ether oxygens (including phenoxy) is 2. The fourth-order valence-corrected chi connectivity index (χ4v) is 4.06. The summed E-state index contributed by atoms with van der Waals surface area (Å²) in [6.07, 6.45) is 0.553. The first-order valence-electron chi connectivity index (χ1n) is 8.63. The highest BCUT2D eigenvalue weighted by Gasteiger charge is 2.29. The van der Waals surface area contributed by atoms with Crippen molar-refractivity contribution in [3.05, 3.63) is 53.6 Å². The monoisotopic (exact) mass is 403 g/mol. The minimum atomic E-state index is -3.54. The molecule has 0 spiro atoms. The van der Waals surface area contributed by atoms with Crippen LogP contribution in [0.2, 0.25) is 0 Å². The SMILES string of the molecule is COc1ccc(C(=O)NCCCN=C2NS(=O)(=O)c3ccccc32)c(OC)c1. The lowest BCUT2D eigenvalue weighted by Gasteiger charge is -2.10. The molecule has 148 valence electrons. The second kappa shape index (κ2) is 8.30. The Labute approximate surface area is 163 Å². The number of hydrogen-bond acceptors (Lipinski definition) is 6. The van der Waals surface area contributed by atoms with E-state index in [9.17, 15) is 13.2 Å². The van der Waals surface area contributed by atoms with Gasteiger partial charge in [0, 0.05) is 24.7 Å². The molecule has 2 aromatic rings. The van der Waals surface area contributed by atoms with Crippen molar-refractivity contribution in [2.45, 2.75) is 11.3 Å². The van der Waals surface area contributed by atoms with Gasteiger partial charge in [-0.05, 0) is 30.7 Å². The molecule has 0 fully saturated rings. The van der Waals surface area contributed by atoms with E-state index in [0.717, 1.165) is 0 Å². The summed E-state index contributed by atoms with van der Waals surface area (Å²) in [5, 5.41) is 2.80. The van der Waals surface area contributed by atoms with E-state index in [2.05, 4.69) is 15.0 Å². The standard InChI is InChI=1S/C19H21N3O5S/c1-26-13-8-9-14(16(12-13)27-2)19(23)21-11-5-10-20-18-15-6-3-4-7-17(15)28(24,25)22-18/h3-4,6-9,12H,5,10-11H2,1-2H3,(H,20,22)(H,21,23). The van der Waals surface area contributed by atoms with Crippen LogP contribution in [0.25, 0.3) is 0 Å². The summed E-state index contributed by atoms with van der Waals surface area (Å²) < 4.78 is 36.9. The first-order chi connectivity index (χ1) is 13.5. The van der Waals surface area contributed by atoms with Gasteiger partial charge in [-0.1, -0.05) is 12.1 Å². The lowest BCUT2D eigenvalue weighted by molar-refractivity contribution is 0.0950. The third-order valence-corrected chi connectivity index (χ3v) is 5.60. The van der Waals surface area contributed by atoms with Crippen LogP contribution in [0, 0.1) is 0 Å². The van der Waals surface area contributed by atoms with Gasteiger partial charge >= 0.3 is 0 Å². The van der Waals surface area contributed by atoms with Gasteiger partial charge in [0.25, 0.3) is 15.9 Å². The molecule has 1 amide bonds. The molecular formula is C19H21N3O5S. The number of fused-ring (bicyclic) bond motifs is 1. The number of nitrogens with one attached hydrogen (secondary N) is 2. The van der Waals surface area contributed by atoms with Gasteiger partial charge in [-0.25, -0.2) is 8.42 Å². The van der Waals surface area contributed by atoms with Crippen molar-refractivity contribution in [2.75, 3.05) is 27.3 Å². The van der Waals surface area contributed by atoms with Gasteiger partial charge in [-0.2, -0.15) is 0 Å². The predicted molar refractivity (Wildman–Crippen MR) is 105 cm³/mol. The van der Waals surface area contributed by atoms with Crippen LogP contribution in [-0.4, -0.2) is 47.5 Å². The van der Waals surface area contributed by atoms with Crippen molar-refractivity contribution in [2.24, 2.45) is 4.99 Å². The molecule has 8 nitrogen and oxygen atoms in total. The lowest BCUT2D eigenvalue weighted by Crippen LogP contribution is -2.26. The largest absolute Gasteiger partial charge is 0.497 e. The smallest absolute Gasteiger partial charge is 0.263 e. The molecule has 0 bridgehead atoms. The molecule has 0 unspecified atom stereocenters. The first kappa shape index (κ1) is 19.7. The molecule has 3 rings (SSSR count). The third-order valence-electron chi connectivity index (χ3n) is 4.21. The molecule has 0 atom stereocenters. The van der Waals surface area contributed by atoms with Crippen molar-refractivity contribution >= 4 is 21.8 Å². The Hall–Kier alpha value is -3.07. The van der Waals surface area contributed by atoms with Crippen LogP contribution in [0.5, 0.6) is 11.5 Å². The van der Waals surface area contributed by atoms with Crippen LogP contribution in [0.3, 0.4) is 0 Å². The van der Waals surface area contributed by atoms with Crippen molar-refractivity contribution in [1.29, 1.82) is 0 Å². The molecule has 1 heterocycles. The third kappa shape index (κ3) is 4.09. The molecule has 0 saturated heterocycles. The Balaban J connectivity index is 1.56. The summed E-state index contributed by atoms with van der Waals surface area (Å²) in [5.74, 6) is 1.09. The molecular weight excluding hydrogens is 382 g/mol. The highest BCUT2D eigenvalue weighted by atomic mass is 32.2. The molecule has 0 radical (unpaired) electrons. The number of carbonyl (C=O) groups excluding carboxylic acids is 1. The van der Waals surface area contributed by atoms with Crippen LogP contribution in [-0.2, 0) is 10.0 Å². The van der Waals surface area contributed by atoms with Gasteiger partial charge in [0.05, 0.1) is 24.7 Å². The Morgan fingerprint density at radius 3 is 2.68 bits per heavy atom. The van der Waals surface area contributed by atoms with Crippen molar-refractivity contribution in [3.8, 4) is 11.5 Å². The van der Waals surface area contributed by atoms with E-state index in [0.29, 0.717) is 48.0 Å². The number of methoxy groups -OCH3 is 2. The minimum Gasteiger partial charge on any atom is -0.497 e. The molecule has 2 N–H and O–H groups in total. The maximum absolute atomic E-state index is 12.3. The average Bonchev–Trinajstić information content (AvgIpc) is 2.97. The Bertz CT molecular complexity index is 1020. The predicted octanol–water partition coefficient (Wildman–Crippen LogP) is 1.56. The number of hydrogen-bond donors (Lipinski definition) is 2. The fourth-order valence-electron chi connectivity index (χ4n) is 2.80. The normalized spacial score (nSPS) is 15.6. The second-order valence-corrected chi connectivity index (χ2v) is 7.66. The van der Waals surface area contributed by atoms with E-state index in [1.165, 1.54) is 7.11 Å². The molecule has 9 heteroatoms. The zero-order chi connectivity index (χ0) is 20.1. The highest BCUT2D eigenvalue weighted by Crippen LogP contribution is 2.24. The van der Waals surface area contributed by atoms with Gasteiger partial charge < -0.3 is 14.8 Å². The maximum Gasteiger partial charge on any atom is 0.263 e. The summed E-state index contributed by atoms with van der Waals surface area (Å²) in [4.78, 5) is 16.9. The summed E-state index contributed by atoms with van der Waals surface area (Å²) in [5.41, 5.74) is 0.974. The van der Waals surface area contributed by atoms with E-state index < -0.39 is 10.0 Å². The van der Waals surface area contributed by atoms with E-state index in [1.54, 1.807) is 49.6 Å². The summed E-state index contributed by atoms with van der Waals surface area (Å²) in [6.45, 7) is 0.755. The van der Waals surface area contributed by atoms with Crippen LogP contribution >= 0.6 is 0 Å². The number of nitrogens with zero attached hydrogens (tertiary/aromatic N) is 1. The van der Waals surface area contributed by atoms with Crippen LogP contribution in [0.1, 0.15) is 22.3 Å². The van der Waals surface area contributed by atoms with Gasteiger partial charge in [0.15, 0.2) is 0 Å². The van der Waals surface area contributed by atoms with Crippen LogP contribution in [0.15, 0.2) is 52.4 Å². The second-order valence-electron chi connectivity index (χ2n) is 6.01. The number of amidine groups is 1. The summed E-state index contributed by atoms with van der Waals surface area (Å²) in [6, 6.07) is 11.7. The summed E-state index contributed by atoms with van der Waals surface area (Å²) in [7, 11) is -0.506. The molecule has 28 heavy (non-hydrogen) atoms. The Morgan fingerprint density at radius 2 is 1.93 bits per heavy atom. The highest BCUT2D eigenvalue weighted by molar-refractivity contribution is 7.90. The van der Waals surface area contributed by atoms with E-state index in [-0.39, 0.29) is 10.8 Å². The number of aliphatic imine (C=N–C) groups is 1. The number of benzene rings is 2. The quantitative estimate of drug-likeness (QED) is 0.683. The molecule has 2 aromatic carbocycles. The van der Waals surface area contributed by atoms with Crippen molar-refractivity contribution < 1.29 is 22.7 Å². The molecule has 0 aliphatic carbocycles. The fraction of sp³-hybridized carbons (Fsp3) is 0.263. The molecule has 0 aromatic heterocycles. The van der Waals surface area contributed by atoms with Gasteiger partial charge in [-0.15, -0.1) is 0 Å². The molecule has 1 aliphatic heterocycles. The average molecular weight is 403 g/mol. The van der Waals surface area contributed by atoms with Crippen LogP contribution < -0.4 is 19.5 Å². The van der Waals surface area contributed by atoms with E-state index >= 15 is 0 Å². The maximum atomic E-state index is 12.3. The number of sulfonamides is 1. The van der Waals surface area contributed by atoms with Gasteiger partial charge in [-0.3, -0.25) is 14.5 Å². The Morgan fingerprint density at radius 1 is 1.14 bits per heavy atom. The first-order valence-corrected chi connectivity index (χ1v) is 10.1. The molecule has 0 saturated carbocycles. The van der Waals surface area contributed by atoms with E-state index in [1.807, 2.05) is 0 Å². The van der Waals surface area contributed by atoms with Gasteiger partial charge in [0.1, 0.15) is 17.3 Å². The zero-order valence-electron chi connectivity index (χ0n) is 15.6. The lowest BCUT2D eigenvalue weighted by atomic mass is 10.1. The summed E-state index contributed by atoms with van der Waals surface area (Å²) >= 11 is 0. The number of amides is 1. The van der Waals surface area contributed by atoms with Gasteiger partial charge in [0.2, 0.25) is 0 Å². The van der Waals surface area contributed by atoms with Crippen LogP contribution in [0.4, 0.5) is 0 Å². The molecule has 1 aliphatic rings. The number of rotatable bonds is 7. The number of carbonyl (C=O) groups is 1.